The number of benzene rings is 4. The van der Waals surface area contributed by atoms with Gasteiger partial charge < -0.3 is 44.0 Å². The molecule has 4 saturated heterocycles. The van der Waals surface area contributed by atoms with Gasteiger partial charge in [-0.05, 0) is 201 Å². The molecule has 4 aliphatic rings. The van der Waals surface area contributed by atoms with Crippen molar-refractivity contribution in [3.63, 3.8) is 0 Å². The van der Waals surface area contributed by atoms with Crippen molar-refractivity contribution in [2.24, 2.45) is 0 Å². The molecule has 35 nitrogen and oxygen atoms in total. The molecular formula is C101H104F6N26O9. The molecule has 19 rings (SSSR count). The van der Waals surface area contributed by atoms with Gasteiger partial charge in [-0.15, -0.1) is 10.2 Å². The van der Waals surface area contributed by atoms with E-state index in [0.717, 1.165) is 44.8 Å². The van der Waals surface area contributed by atoms with Crippen molar-refractivity contribution in [1.82, 2.24) is 128 Å². The maximum absolute atomic E-state index is 14.4. The molecule has 0 aliphatic carbocycles. The molecule has 0 unspecified atom stereocenters. The molecule has 734 valence electrons. The molecule has 0 saturated carbocycles. The van der Waals surface area contributed by atoms with Crippen LogP contribution in [-0.4, -0.2) is 264 Å². The molecular weight excluding hydrogens is 1840 g/mol. The first-order valence-corrected chi connectivity index (χ1v) is 46.1. The Morgan fingerprint density at radius 3 is 1.08 bits per heavy atom. The lowest BCUT2D eigenvalue weighted by Crippen LogP contribution is -2.63. The fourth-order valence-corrected chi connectivity index (χ4v) is 17.6. The van der Waals surface area contributed by atoms with Gasteiger partial charge in [-0.3, -0.25) is 38.4 Å². The monoisotopic (exact) mass is 1940 g/mol. The topological polar surface area (TPSA) is 383 Å². The Labute approximate surface area is 811 Å². The Balaban J connectivity index is 0.000000136. The summed E-state index contributed by atoms with van der Waals surface area (Å²) in [5, 5.41) is 28.5. The highest BCUT2D eigenvalue weighted by Crippen LogP contribution is 2.38. The van der Waals surface area contributed by atoms with Crippen LogP contribution < -0.4 is 5.32 Å². The highest BCUT2D eigenvalue weighted by molar-refractivity contribution is 6.00. The first-order valence-electron chi connectivity index (χ1n) is 46.1. The van der Waals surface area contributed by atoms with Crippen LogP contribution in [0.4, 0.5) is 26.3 Å². The third kappa shape index (κ3) is 20.7. The predicted octanol–water partition coefficient (Wildman–Crippen LogP) is 14.4. The fourth-order valence-electron chi connectivity index (χ4n) is 17.6. The molecule has 41 heteroatoms. The minimum atomic E-state index is -3.27. The number of amides is 8. The number of hydrogen-bond donors (Lipinski definition) is 1. The van der Waals surface area contributed by atoms with Gasteiger partial charge in [0.05, 0.1) is 75.3 Å². The number of nitrogens with one attached hydrogen (secondary N) is 1. The Kier molecular flexibility index (Phi) is 27.4. The van der Waals surface area contributed by atoms with Crippen LogP contribution in [0, 0.1) is 30.2 Å². The van der Waals surface area contributed by atoms with Gasteiger partial charge in [0, 0.05) is 150 Å². The summed E-state index contributed by atoms with van der Waals surface area (Å²) in [6.45, 7) is 33.1. The van der Waals surface area contributed by atoms with Crippen LogP contribution in [0.3, 0.4) is 0 Å². The van der Waals surface area contributed by atoms with Crippen LogP contribution in [0.5, 0.6) is 0 Å². The number of aromatic nitrogens is 18. The normalized spacial score (nSPS) is 15.7. The fraction of sp³-hybridized carbons (Fsp3) is 0.347. The number of imidazole rings is 4. The van der Waals surface area contributed by atoms with Crippen molar-refractivity contribution >= 4 is 69.8 Å². The average molecular weight is 1940 g/mol. The number of halogens is 6. The number of nitrogens with zero attached hydrogens (tertiary/aromatic N) is 25. The quantitative estimate of drug-likeness (QED) is 0.0931. The van der Waals surface area contributed by atoms with E-state index in [0.29, 0.717) is 110 Å². The van der Waals surface area contributed by atoms with E-state index in [1.807, 2.05) is 73.6 Å². The van der Waals surface area contributed by atoms with Crippen molar-refractivity contribution in [3.8, 4) is 45.0 Å². The van der Waals surface area contributed by atoms with Crippen LogP contribution >= 0.6 is 0 Å². The number of fused-ring (bicyclic) bond motifs is 4. The third-order valence-corrected chi connectivity index (χ3v) is 25.2. The second kappa shape index (κ2) is 39.4. The van der Waals surface area contributed by atoms with Crippen LogP contribution in [0.15, 0.2) is 188 Å². The number of carbonyl (C=O) groups is 8. The van der Waals surface area contributed by atoms with E-state index in [-0.39, 0.29) is 135 Å². The summed E-state index contributed by atoms with van der Waals surface area (Å²) in [6.07, 6.45) is 13.6. The van der Waals surface area contributed by atoms with Crippen LogP contribution in [0.1, 0.15) is 223 Å². The maximum atomic E-state index is 14.4. The lowest BCUT2D eigenvalue weighted by molar-refractivity contribution is -0.133. The van der Waals surface area contributed by atoms with E-state index in [1.54, 1.807) is 125 Å². The van der Waals surface area contributed by atoms with E-state index < -0.39 is 45.4 Å². The van der Waals surface area contributed by atoms with Crippen LogP contribution in [0.2, 0.25) is 0 Å². The Hall–Kier alpha value is -16.0. The highest BCUT2D eigenvalue weighted by Gasteiger charge is 2.46. The van der Waals surface area contributed by atoms with E-state index >= 15 is 0 Å². The molecule has 0 bridgehead atoms. The van der Waals surface area contributed by atoms with E-state index in [2.05, 4.69) is 103 Å². The minimum Gasteiger partial charge on any atom is -0.417 e. The van der Waals surface area contributed by atoms with Gasteiger partial charge in [0.15, 0.2) is 22.6 Å². The summed E-state index contributed by atoms with van der Waals surface area (Å²) in [4.78, 5) is 151. The van der Waals surface area contributed by atoms with E-state index in [1.165, 1.54) is 109 Å². The van der Waals surface area contributed by atoms with Crippen molar-refractivity contribution in [2.45, 2.75) is 157 Å². The minimum absolute atomic E-state index is 0.0577. The average Bonchev–Trinajstić information content (AvgIpc) is 1.60. The van der Waals surface area contributed by atoms with Crippen molar-refractivity contribution in [3.05, 3.63) is 275 Å². The number of carbonyl (C=O) groups excluding carboxylic acids is 8. The summed E-state index contributed by atoms with van der Waals surface area (Å²) in [7, 11) is 0. The smallest absolute Gasteiger partial charge is 0.311 e. The maximum Gasteiger partial charge on any atom is 0.311 e. The predicted molar refractivity (Wildman–Crippen MR) is 510 cm³/mol. The number of aryl methyl sites for hydroxylation is 1. The Morgan fingerprint density at radius 2 is 0.746 bits per heavy atom. The second-order valence-corrected chi connectivity index (χ2v) is 38.4. The molecule has 0 atom stereocenters. The number of alkyl halides is 2. The summed E-state index contributed by atoms with van der Waals surface area (Å²) in [6, 6.07) is 32.4. The molecule has 0 radical (unpaired) electrons. The molecule has 11 aromatic heterocycles. The van der Waals surface area contributed by atoms with Crippen molar-refractivity contribution in [2.75, 3.05) is 72.0 Å². The zero-order chi connectivity index (χ0) is 102. The molecule has 15 heterocycles. The lowest BCUT2D eigenvalue weighted by Gasteiger charge is -2.46. The highest BCUT2D eigenvalue weighted by atomic mass is 19.3. The summed E-state index contributed by atoms with van der Waals surface area (Å²) < 4.78 is 93.7. The number of hydrogen-bond acceptors (Lipinski definition) is 23. The zero-order valence-electron chi connectivity index (χ0n) is 81.0. The molecule has 15 aromatic rings. The standard InChI is InChI=1S/2C27H28FN7O2.C26H28FN7O3.C21H20F3N5O2/c1-17(2)20-14-21(18-6-8-19(28)9-7-18)32-35-15-22(31-24(20)35)25(36)34-13-12-33(16-27(34,3)4)26(37)23-29-10-5-11-30-23;1-17(2)21-11-22(18-5-7-20(28)8-6-18)32-35-14-23(31-24(21)35)26(37)34-10-9-33(15-27(34,3)4)25(36)19-12-29-16-30-13-19;1-15(2)19-12-20(17-6-8-18(27)9-7-17)31-34-13-21(28-22(19)34)24(35)33-11-10-32(14-26(33,4)5)25(36)23-30-29-16(3)37-23;1-20(2)19(31)25-8-9-28(20)18(30)16-11-29-17(26-16)14(21(3,23)24)10-15(27-29)12-4-6-13(22)7-5-12/h5-11,14-15,17H,12-13,16H2,1-4H3;5-8,11-14,16-17H,9-10,15H2,1-4H3;6-9,12-13,15H,10-11,14H2,1-5H3;4-7,10-11H,8-9H2,1-3H3,(H,25,31). The largest absolute Gasteiger partial charge is 0.417 e. The van der Waals surface area contributed by atoms with Gasteiger partial charge in [0.2, 0.25) is 17.6 Å². The SMILES string of the molecule is CC(C)c1cc(-c2ccc(F)cc2)nn2cc(C(=O)N3CCN(C(=O)c4cncnc4)CC3(C)C)nc12.CC(C)c1cc(-c2ccc(F)cc2)nn2cc(C(=O)N3CCN(C(=O)c4ncccn4)CC3(C)C)nc12.CC(F)(F)c1cc(-c2ccc(F)cc2)nn2cc(C(=O)N3CCNC(=O)C3(C)C)nc12.Cc1nnc(C(=O)N2CCN(C(=O)c3cn4nc(-c5ccc(F)cc5)cc(C(C)C)c4n3)C(C)(C)C2)o1. The van der Waals surface area contributed by atoms with Gasteiger partial charge in [-0.25, -0.2) is 84.3 Å². The molecule has 8 amide bonds. The summed E-state index contributed by atoms with van der Waals surface area (Å²) in [5.41, 5.74) is 7.09. The summed E-state index contributed by atoms with van der Waals surface area (Å²) >= 11 is 0. The van der Waals surface area contributed by atoms with E-state index in [9.17, 15) is 64.7 Å². The van der Waals surface area contributed by atoms with Gasteiger partial charge in [0.25, 0.3) is 41.4 Å². The van der Waals surface area contributed by atoms with Crippen molar-refractivity contribution < 1.29 is 69.1 Å². The Morgan fingerprint density at radius 1 is 0.415 bits per heavy atom. The number of rotatable bonds is 15. The lowest BCUT2D eigenvalue weighted by atomic mass is 9.97. The van der Waals surface area contributed by atoms with Crippen LogP contribution in [0.25, 0.3) is 67.6 Å². The first-order chi connectivity index (χ1) is 67.3. The van der Waals surface area contributed by atoms with Crippen molar-refractivity contribution in [1.29, 1.82) is 0 Å². The molecule has 142 heavy (non-hydrogen) atoms. The molecule has 0 spiro atoms. The van der Waals surface area contributed by atoms with Gasteiger partial charge in [-0.2, -0.15) is 20.4 Å². The van der Waals surface area contributed by atoms with E-state index in [4.69, 9.17) is 4.42 Å². The molecule has 1 N–H and O–H groups in total. The van der Waals surface area contributed by atoms with Crippen LogP contribution in [-0.2, 0) is 10.7 Å². The first kappa shape index (κ1) is 99.0. The third-order valence-electron chi connectivity index (χ3n) is 25.2. The zero-order valence-corrected chi connectivity index (χ0v) is 81.0. The van der Waals surface area contributed by atoms with Gasteiger partial charge in [-0.1, -0.05) is 41.5 Å². The molecule has 4 fully saturated rings. The molecule has 4 aliphatic heterocycles. The Bertz CT molecular complexity index is 7100. The van der Waals surface area contributed by atoms with Gasteiger partial charge in [0.1, 0.15) is 57.9 Å². The second-order valence-electron chi connectivity index (χ2n) is 38.4. The molecule has 4 aromatic carbocycles. The van der Waals surface area contributed by atoms with Gasteiger partial charge >= 0.3 is 11.8 Å². The number of piperazine rings is 4. The summed E-state index contributed by atoms with van der Waals surface area (Å²) in [5.74, 6) is -6.23.